The van der Waals surface area contributed by atoms with E-state index in [0.29, 0.717) is 60.6 Å². The number of nitrogens with zero attached hydrogens (tertiary/aromatic N) is 4. The van der Waals surface area contributed by atoms with Gasteiger partial charge >= 0.3 is 71.1 Å². The minimum absolute atomic E-state index is 0. The second kappa shape index (κ2) is 25.5. The number of carbonyl (C=O) groups is 6. The first-order valence-electron chi connectivity index (χ1n) is 20.2. The Morgan fingerprint density at radius 1 is 0.662 bits per heavy atom. The molecule has 0 saturated heterocycles. The molecule has 2 aliphatic heterocycles. The van der Waals surface area contributed by atoms with E-state index in [1.807, 2.05) is 9.80 Å². The number of carbonyl (C=O) groups excluding carboxylic acids is 4. The second-order valence-electron chi connectivity index (χ2n) is 15.1. The molecular weight excluding hydrogens is 915 g/mol. The summed E-state index contributed by atoms with van der Waals surface area (Å²) in [7, 11) is 3.57. The summed E-state index contributed by atoms with van der Waals surface area (Å²) in [6, 6.07) is 9.88. The molecule has 4 heterocycles. The fourth-order valence-electron chi connectivity index (χ4n) is 6.83. The molecule has 0 fully saturated rings. The molecule has 4 aromatic rings. The number of nitrogens with one attached hydrogen (secondary N) is 8. The summed E-state index contributed by atoms with van der Waals surface area (Å²) >= 11 is 0. The van der Waals surface area contributed by atoms with Crippen molar-refractivity contribution in [3.8, 4) is 0 Å². The van der Waals surface area contributed by atoms with Crippen LogP contribution in [0.2, 0.25) is 0 Å². The molecule has 0 bridgehead atoms. The van der Waals surface area contributed by atoms with Crippen LogP contribution in [0.3, 0.4) is 0 Å². The fourth-order valence-corrected chi connectivity index (χ4v) is 6.83. The van der Waals surface area contributed by atoms with Crippen LogP contribution in [0, 0.1) is 0 Å². The average Bonchev–Trinajstić information content (AvgIpc) is 3.25. The Balaban J connectivity index is 0.000000350. The molecule has 0 aliphatic carbocycles. The molecule has 2 aliphatic rings. The van der Waals surface area contributed by atoms with Crippen molar-refractivity contribution < 1.29 is 108 Å². The van der Waals surface area contributed by atoms with E-state index in [9.17, 15) is 48.6 Å². The Hall–Kier alpha value is -6.58. The number of fused-ring (bicyclic) bond motifs is 2. The van der Waals surface area contributed by atoms with Crippen molar-refractivity contribution in [1.29, 1.82) is 0 Å². The van der Waals surface area contributed by atoms with E-state index < -0.39 is 60.6 Å². The van der Waals surface area contributed by atoms with Gasteiger partial charge in [0.25, 0.3) is 22.9 Å². The molecule has 6 rings (SSSR count). The predicted molar refractivity (Wildman–Crippen MR) is 236 cm³/mol. The number of aromatic amines is 2. The maximum atomic E-state index is 12.3. The molecule has 14 N–H and O–H groups in total. The van der Waals surface area contributed by atoms with Gasteiger partial charge in [-0.25, -0.2) is 9.59 Å². The standard InChI is InChI=1S/2C20H25N7O6.2Na/c2*1-27-12(9-23-16-15(27)18(31)26-20(21)25-16)8-22-11-4-2-10(3-5-11)17(30)24-13(19(32)33)6-7-14(28)29;;/h2*2-5,12-13,22H,6-9H2,1H3,(H,24,30)(H,28,29)(H,32,33)(H4,21,23,25,26,31);;/q;;2*+1/p-2. The number of aliphatic carboxylic acids is 4. The van der Waals surface area contributed by atoms with Gasteiger partial charge in [0.15, 0.2) is 11.6 Å². The number of nitrogen functional groups attached to an aromatic ring is 2. The number of nitrogens with two attached hydrogens (primary N) is 2. The number of amides is 2. The third kappa shape index (κ3) is 15.2. The van der Waals surface area contributed by atoms with Crippen LogP contribution in [-0.4, -0.2) is 130 Å². The van der Waals surface area contributed by atoms with Gasteiger partial charge in [0.2, 0.25) is 11.9 Å². The van der Waals surface area contributed by atoms with Gasteiger partial charge in [0, 0.05) is 74.7 Å². The van der Waals surface area contributed by atoms with Crippen LogP contribution in [0.25, 0.3) is 0 Å². The van der Waals surface area contributed by atoms with E-state index in [-0.39, 0.29) is 118 Å². The molecule has 68 heavy (non-hydrogen) atoms. The van der Waals surface area contributed by atoms with Crippen molar-refractivity contribution in [2.24, 2.45) is 0 Å². The van der Waals surface area contributed by atoms with Gasteiger partial charge in [-0.3, -0.25) is 29.1 Å². The van der Waals surface area contributed by atoms with Gasteiger partial charge in [-0.15, -0.1) is 0 Å². The number of rotatable bonds is 18. The quantitative estimate of drug-likeness (QED) is 0.0412. The SMILES string of the molecule is CN1c2c(nc(N)[nH]c2=O)NCC1CNc1ccc(C(=O)NC(CCC(=O)[O-])C(=O)O)cc1.CN1c2c(nc(N)[nH]c2=O)NCC1CNc1ccc(C(=O)NC(CCC(=O)[O-])C(=O)O)cc1.[Na+].[Na+]. The first-order valence-corrected chi connectivity index (χ1v) is 20.2. The van der Waals surface area contributed by atoms with E-state index in [2.05, 4.69) is 51.8 Å². The second-order valence-corrected chi connectivity index (χ2v) is 15.1. The van der Waals surface area contributed by atoms with Crippen LogP contribution < -0.4 is 134 Å². The Kier molecular flexibility index (Phi) is 20.9. The zero-order valence-corrected chi connectivity index (χ0v) is 41.5. The zero-order valence-electron chi connectivity index (χ0n) is 37.5. The summed E-state index contributed by atoms with van der Waals surface area (Å²) in [5.74, 6) is -5.79. The number of aromatic nitrogens is 4. The number of carboxylic acid groups (broad SMARTS) is 4. The summed E-state index contributed by atoms with van der Waals surface area (Å²) in [6.45, 7) is 2.00. The van der Waals surface area contributed by atoms with Crippen LogP contribution in [0.4, 0.5) is 46.3 Å². The summed E-state index contributed by atoms with van der Waals surface area (Å²) in [4.78, 5) is 109. The molecule has 0 saturated carbocycles. The summed E-state index contributed by atoms with van der Waals surface area (Å²) in [5, 5.41) is 56.7. The molecule has 28 heteroatoms. The van der Waals surface area contributed by atoms with E-state index in [1.165, 1.54) is 24.3 Å². The molecule has 26 nitrogen and oxygen atoms in total. The van der Waals surface area contributed by atoms with Gasteiger partial charge in [0.1, 0.15) is 23.5 Å². The number of likely N-dealkylation sites (N-methyl/N-ethyl adjacent to an activating group) is 2. The van der Waals surface area contributed by atoms with E-state index in [0.717, 1.165) is 0 Å². The third-order valence-corrected chi connectivity index (χ3v) is 10.5. The summed E-state index contributed by atoms with van der Waals surface area (Å²) in [5.41, 5.74) is 13.1. The maximum absolute atomic E-state index is 12.3. The van der Waals surface area contributed by atoms with Gasteiger partial charge < -0.3 is 83.2 Å². The smallest absolute Gasteiger partial charge is 0.550 e. The summed E-state index contributed by atoms with van der Waals surface area (Å²) in [6.07, 6.45) is -1.52. The van der Waals surface area contributed by atoms with Crippen molar-refractivity contribution in [3.63, 3.8) is 0 Å². The molecule has 0 spiro atoms. The number of hydrogen-bond donors (Lipinski definition) is 12. The minimum Gasteiger partial charge on any atom is -0.550 e. The number of H-pyrrole nitrogens is 2. The Labute approximate surface area is 431 Å². The third-order valence-electron chi connectivity index (χ3n) is 10.5. The van der Waals surface area contributed by atoms with Crippen LogP contribution in [0.15, 0.2) is 58.1 Å². The van der Waals surface area contributed by atoms with Gasteiger partial charge in [-0.2, -0.15) is 9.97 Å². The molecule has 2 aromatic carbocycles. The average molecular weight is 963 g/mol. The minimum atomic E-state index is -1.39. The predicted octanol–water partition coefficient (Wildman–Crippen LogP) is -9.18. The van der Waals surface area contributed by atoms with Crippen molar-refractivity contribution in [2.45, 2.75) is 49.9 Å². The van der Waals surface area contributed by atoms with Gasteiger partial charge in [0.05, 0.1) is 12.1 Å². The Morgan fingerprint density at radius 2 is 1.00 bits per heavy atom. The van der Waals surface area contributed by atoms with Crippen molar-refractivity contribution in [1.82, 2.24) is 30.6 Å². The normalized spacial score (nSPS) is 15.2. The van der Waals surface area contributed by atoms with Gasteiger partial charge in [-0.1, -0.05) is 0 Å². The Morgan fingerprint density at radius 3 is 1.31 bits per heavy atom. The zero-order chi connectivity index (χ0) is 48.2. The Bertz CT molecular complexity index is 2390. The first kappa shape index (κ1) is 55.7. The molecule has 4 unspecified atom stereocenters. The van der Waals surface area contributed by atoms with Gasteiger partial charge in [-0.05, 0) is 74.2 Å². The van der Waals surface area contributed by atoms with E-state index >= 15 is 0 Å². The summed E-state index contributed by atoms with van der Waals surface area (Å²) < 4.78 is 0. The number of carboxylic acids is 4. The van der Waals surface area contributed by atoms with Crippen LogP contribution >= 0.6 is 0 Å². The van der Waals surface area contributed by atoms with Crippen LogP contribution in [0.1, 0.15) is 46.4 Å². The molecule has 0 radical (unpaired) electrons. The first-order chi connectivity index (χ1) is 31.3. The topological polar surface area (TPSA) is 411 Å². The largest absolute Gasteiger partial charge is 1.00 e. The van der Waals surface area contributed by atoms with Crippen molar-refractivity contribution in [3.05, 3.63) is 80.4 Å². The van der Waals surface area contributed by atoms with E-state index in [1.54, 1.807) is 38.4 Å². The molecule has 2 aromatic heterocycles. The fraction of sp³-hybridized carbons (Fsp3) is 0.350. The van der Waals surface area contributed by atoms with Crippen molar-refractivity contribution >= 4 is 82.0 Å². The monoisotopic (exact) mass is 962 g/mol. The van der Waals surface area contributed by atoms with Crippen LogP contribution in [-0.2, 0) is 19.2 Å². The molecular formula is C40H48N14Na2O12. The number of hydrogen-bond acceptors (Lipinski definition) is 20. The number of anilines is 8. The van der Waals surface area contributed by atoms with E-state index in [4.69, 9.17) is 21.7 Å². The molecule has 4 atom stereocenters. The van der Waals surface area contributed by atoms with Crippen LogP contribution in [0.5, 0.6) is 0 Å². The molecule has 352 valence electrons. The number of benzene rings is 2. The molecule has 2 amide bonds. The maximum Gasteiger partial charge on any atom is 1.00 e. The van der Waals surface area contributed by atoms with Crippen molar-refractivity contribution in [2.75, 3.05) is 82.8 Å².